The van der Waals surface area contributed by atoms with Crippen LogP contribution in [-0.2, 0) is 0 Å². The first-order chi connectivity index (χ1) is 13.6. The number of benzene rings is 2. The normalized spacial score (nSPS) is 9.71. The fourth-order valence-electron chi connectivity index (χ4n) is 2.28. The molecule has 0 saturated carbocycles. The standard InChI is InChI=1S/C19H14Cl2N4O.C2H6/c20-12-6-8-14(9-7-12)25-19(26)16-11-23-18(15(10-22)17(16)21)24-13-4-2-1-3-5-13;1-2/h1-11,22H,(H,23,24)(H,25,26);1-2H3. The van der Waals surface area contributed by atoms with Crippen LogP contribution in [0, 0.1) is 5.41 Å². The van der Waals surface area contributed by atoms with Gasteiger partial charge in [-0.05, 0) is 36.4 Å². The molecule has 3 rings (SSSR count). The number of pyridine rings is 1. The van der Waals surface area contributed by atoms with E-state index in [4.69, 9.17) is 28.6 Å². The second-order valence-electron chi connectivity index (χ2n) is 5.34. The number of anilines is 3. The van der Waals surface area contributed by atoms with Crippen LogP contribution in [-0.4, -0.2) is 17.1 Å². The van der Waals surface area contributed by atoms with E-state index in [-0.39, 0.29) is 10.6 Å². The van der Waals surface area contributed by atoms with E-state index in [1.807, 2.05) is 44.2 Å². The number of halogens is 2. The van der Waals surface area contributed by atoms with E-state index in [9.17, 15) is 4.79 Å². The van der Waals surface area contributed by atoms with Crippen LogP contribution in [0.15, 0.2) is 60.8 Å². The van der Waals surface area contributed by atoms with Crippen molar-refractivity contribution in [2.75, 3.05) is 10.6 Å². The van der Waals surface area contributed by atoms with Gasteiger partial charge in [-0.25, -0.2) is 4.98 Å². The second-order valence-corrected chi connectivity index (χ2v) is 6.16. The first kappa shape index (κ1) is 21.4. The number of nitrogens with zero attached hydrogens (tertiary/aromatic N) is 1. The number of carbonyl (C=O) groups is 1. The number of carbonyl (C=O) groups excluding carboxylic acids is 1. The molecule has 0 unspecified atom stereocenters. The molecule has 0 saturated heterocycles. The maximum atomic E-state index is 12.5. The highest BCUT2D eigenvalue weighted by atomic mass is 35.5. The van der Waals surface area contributed by atoms with Gasteiger partial charge in [-0.3, -0.25) is 4.79 Å². The van der Waals surface area contributed by atoms with Crippen LogP contribution in [0.3, 0.4) is 0 Å². The smallest absolute Gasteiger partial charge is 0.258 e. The average Bonchev–Trinajstić information content (AvgIpc) is 2.72. The molecule has 0 aliphatic carbocycles. The van der Waals surface area contributed by atoms with Gasteiger partial charge in [0.25, 0.3) is 5.91 Å². The fourth-order valence-corrected chi connectivity index (χ4v) is 2.69. The predicted molar refractivity (Wildman–Crippen MR) is 118 cm³/mol. The second kappa shape index (κ2) is 10.4. The van der Waals surface area contributed by atoms with E-state index in [1.54, 1.807) is 24.3 Å². The molecule has 0 bridgehead atoms. The zero-order chi connectivity index (χ0) is 20.5. The number of nitrogens with one attached hydrogen (secondary N) is 3. The Hall–Kier alpha value is -2.89. The van der Waals surface area contributed by atoms with Gasteiger partial charge in [0.2, 0.25) is 0 Å². The van der Waals surface area contributed by atoms with Crippen LogP contribution in [0.25, 0.3) is 0 Å². The Labute approximate surface area is 174 Å². The Morgan fingerprint density at radius 3 is 2.25 bits per heavy atom. The highest BCUT2D eigenvalue weighted by Gasteiger charge is 2.17. The molecule has 1 amide bonds. The monoisotopic (exact) mass is 414 g/mol. The Kier molecular flexibility index (Phi) is 7.99. The SMILES string of the molecule is CC.N=Cc1c(Nc2ccccc2)ncc(C(=O)Nc2ccc(Cl)cc2)c1Cl. The number of amides is 1. The van der Waals surface area contributed by atoms with Gasteiger partial charge >= 0.3 is 0 Å². The van der Waals surface area contributed by atoms with Crippen molar-refractivity contribution in [3.8, 4) is 0 Å². The lowest BCUT2D eigenvalue weighted by Crippen LogP contribution is -2.14. The van der Waals surface area contributed by atoms with Gasteiger partial charge in [-0.1, -0.05) is 55.2 Å². The van der Waals surface area contributed by atoms with Gasteiger partial charge in [-0.15, -0.1) is 0 Å². The molecule has 3 aromatic rings. The van der Waals surface area contributed by atoms with E-state index >= 15 is 0 Å². The van der Waals surface area contributed by atoms with Crippen molar-refractivity contribution in [3.63, 3.8) is 0 Å². The van der Waals surface area contributed by atoms with Crippen LogP contribution in [0.2, 0.25) is 10.0 Å². The van der Waals surface area contributed by atoms with Crippen LogP contribution in [0.5, 0.6) is 0 Å². The third kappa shape index (κ3) is 5.31. The molecule has 0 fully saturated rings. The summed E-state index contributed by atoms with van der Waals surface area (Å²) < 4.78 is 0. The van der Waals surface area contributed by atoms with Gasteiger partial charge < -0.3 is 16.0 Å². The van der Waals surface area contributed by atoms with Crippen molar-refractivity contribution in [2.45, 2.75) is 13.8 Å². The molecular weight excluding hydrogens is 395 g/mol. The summed E-state index contributed by atoms with van der Waals surface area (Å²) in [5.41, 5.74) is 1.90. The van der Waals surface area contributed by atoms with Gasteiger partial charge in [0, 0.05) is 28.8 Å². The Balaban J connectivity index is 0.00000136. The summed E-state index contributed by atoms with van der Waals surface area (Å²) in [7, 11) is 0. The molecule has 28 heavy (non-hydrogen) atoms. The van der Waals surface area contributed by atoms with E-state index in [0.717, 1.165) is 11.9 Å². The largest absolute Gasteiger partial charge is 0.340 e. The quantitative estimate of drug-likeness (QED) is 0.422. The molecule has 0 aliphatic rings. The lowest BCUT2D eigenvalue weighted by molar-refractivity contribution is 0.102. The highest BCUT2D eigenvalue weighted by Crippen LogP contribution is 2.27. The van der Waals surface area contributed by atoms with Crippen LogP contribution >= 0.6 is 23.2 Å². The molecule has 1 aromatic heterocycles. The van der Waals surface area contributed by atoms with Gasteiger partial charge in [0.05, 0.1) is 16.1 Å². The first-order valence-corrected chi connectivity index (χ1v) is 9.42. The Morgan fingerprint density at radius 1 is 1.00 bits per heavy atom. The van der Waals surface area contributed by atoms with Crippen molar-refractivity contribution in [1.82, 2.24) is 4.98 Å². The number of hydrogen-bond acceptors (Lipinski definition) is 4. The minimum Gasteiger partial charge on any atom is -0.340 e. The summed E-state index contributed by atoms with van der Waals surface area (Å²) in [6, 6.07) is 16.1. The summed E-state index contributed by atoms with van der Waals surface area (Å²) >= 11 is 12.2. The topological polar surface area (TPSA) is 77.9 Å². The maximum Gasteiger partial charge on any atom is 0.258 e. The summed E-state index contributed by atoms with van der Waals surface area (Å²) in [6.07, 6.45) is 2.45. The van der Waals surface area contributed by atoms with Crippen LogP contribution in [0.4, 0.5) is 17.2 Å². The van der Waals surface area contributed by atoms with E-state index in [1.165, 1.54) is 6.20 Å². The molecule has 2 aromatic carbocycles. The Bertz CT molecular complexity index is 945. The lowest BCUT2D eigenvalue weighted by Gasteiger charge is -2.13. The summed E-state index contributed by atoms with van der Waals surface area (Å²) in [4.78, 5) is 16.7. The number of aromatic nitrogens is 1. The Morgan fingerprint density at radius 2 is 1.64 bits per heavy atom. The third-order valence-electron chi connectivity index (χ3n) is 3.58. The molecule has 3 N–H and O–H groups in total. The van der Waals surface area contributed by atoms with Crippen molar-refractivity contribution >= 4 is 52.5 Å². The fraction of sp³-hybridized carbons (Fsp3) is 0.0952. The van der Waals surface area contributed by atoms with Crippen molar-refractivity contribution < 1.29 is 4.79 Å². The zero-order valence-electron chi connectivity index (χ0n) is 15.5. The third-order valence-corrected chi connectivity index (χ3v) is 4.24. The van der Waals surface area contributed by atoms with Crippen molar-refractivity contribution in [1.29, 1.82) is 5.41 Å². The molecular formula is C21H20Cl2N4O. The molecule has 1 heterocycles. The average molecular weight is 415 g/mol. The minimum absolute atomic E-state index is 0.153. The zero-order valence-corrected chi connectivity index (χ0v) is 17.0. The molecule has 5 nitrogen and oxygen atoms in total. The van der Waals surface area contributed by atoms with Crippen molar-refractivity contribution in [2.24, 2.45) is 0 Å². The molecule has 144 valence electrons. The number of hydrogen-bond donors (Lipinski definition) is 3. The number of para-hydroxylation sites is 1. The van der Waals surface area contributed by atoms with E-state index in [0.29, 0.717) is 22.1 Å². The van der Waals surface area contributed by atoms with E-state index in [2.05, 4.69) is 15.6 Å². The van der Waals surface area contributed by atoms with Gasteiger partial charge in [0.1, 0.15) is 5.82 Å². The van der Waals surface area contributed by atoms with Crippen LogP contribution in [0.1, 0.15) is 29.8 Å². The van der Waals surface area contributed by atoms with Gasteiger partial charge in [0.15, 0.2) is 0 Å². The maximum absolute atomic E-state index is 12.5. The summed E-state index contributed by atoms with van der Waals surface area (Å²) in [5.74, 6) is -0.0153. The summed E-state index contributed by atoms with van der Waals surface area (Å²) in [5, 5.41) is 14.2. The van der Waals surface area contributed by atoms with Gasteiger partial charge in [-0.2, -0.15) is 0 Å². The lowest BCUT2D eigenvalue weighted by atomic mass is 10.1. The molecule has 7 heteroatoms. The molecule has 0 atom stereocenters. The predicted octanol–water partition coefficient (Wildman–Crippen LogP) is 6.41. The molecule has 0 aliphatic heterocycles. The highest BCUT2D eigenvalue weighted by molar-refractivity contribution is 6.37. The minimum atomic E-state index is -0.417. The summed E-state index contributed by atoms with van der Waals surface area (Å²) in [6.45, 7) is 4.00. The number of rotatable bonds is 5. The molecule has 0 spiro atoms. The molecule has 0 radical (unpaired) electrons. The van der Waals surface area contributed by atoms with Crippen LogP contribution < -0.4 is 10.6 Å². The van der Waals surface area contributed by atoms with E-state index < -0.39 is 5.91 Å². The first-order valence-electron chi connectivity index (χ1n) is 8.66. The van der Waals surface area contributed by atoms with Crippen molar-refractivity contribution in [3.05, 3.63) is 82.0 Å².